The number of nitrogens with zero attached hydrogens (tertiary/aromatic N) is 2. The fraction of sp³-hybridized carbons (Fsp3) is 0.500. The van der Waals surface area contributed by atoms with E-state index >= 15 is 0 Å². The number of benzene rings is 1. The number of carbonyl (C=O) groups excluding carboxylic acids is 2. The molecule has 0 bridgehead atoms. The highest BCUT2D eigenvalue weighted by molar-refractivity contribution is 7.10. The Labute approximate surface area is 187 Å². The summed E-state index contributed by atoms with van der Waals surface area (Å²) in [6.45, 7) is 7.62. The second kappa shape index (κ2) is 10.8. The molecule has 2 heterocycles. The van der Waals surface area contributed by atoms with Crippen molar-refractivity contribution in [1.29, 1.82) is 0 Å². The number of carbonyl (C=O) groups is 2. The third-order valence-corrected chi connectivity index (χ3v) is 6.59. The fourth-order valence-corrected chi connectivity index (χ4v) is 4.69. The monoisotopic (exact) mass is 446 g/mol. The number of fused-ring (bicyclic) bond motifs is 1. The molecule has 3 rings (SSSR count). The van der Waals surface area contributed by atoms with Gasteiger partial charge in [0.05, 0.1) is 12.6 Å². The van der Waals surface area contributed by atoms with Crippen LogP contribution in [0.3, 0.4) is 0 Å². The van der Waals surface area contributed by atoms with E-state index in [0.717, 1.165) is 18.4 Å². The number of thiophene rings is 1. The molecule has 0 saturated heterocycles. The lowest BCUT2D eigenvalue weighted by molar-refractivity contribution is -0.142. The van der Waals surface area contributed by atoms with Crippen LogP contribution in [0.5, 0.6) is 5.75 Å². The number of amides is 2. The van der Waals surface area contributed by atoms with Gasteiger partial charge >= 0.3 is 0 Å². The van der Waals surface area contributed by atoms with E-state index in [1.54, 1.807) is 28.4 Å². The van der Waals surface area contributed by atoms with Gasteiger partial charge in [-0.25, -0.2) is 4.39 Å². The average Bonchev–Trinajstić information content (AvgIpc) is 3.24. The maximum Gasteiger partial charge on any atom is 0.242 e. The van der Waals surface area contributed by atoms with Gasteiger partial charge in [-0.3, -0.25) is 9.59 Å². The highest BCUT2D eigenvalue weighted by atomic mass is 32.1. The van der Waals surface area contributed by atoms with Crippen molar-refractivity contribution in [2.45, 2.75) is 46.1 Å². The molecule has 2 amide bonds. The van der Waals surface area contributed by atoms with E-state index in [1.165, 1.54) is 17.0 Å². The fourth-order valence-electron chi connectivity index (χ4n) is 3.76. The third-order valence-electron chi connectivity index (χ3n) is 5.59. The molecule has 1 aromatic carbocycles. The summed E-state index contributed by atoms with van der Waals surface area (Å²) >= 11 is 1.69. The van der Waals surface area contributed by atoms with Gasteiger partial charge in [0.25, 0.3) is 0 Å². The van der Waals surface area contributed by atoms with Crippen LogP contribution < -0.4 is 4.74 Å². The van der Waals surface area contributed by atoms with Crippen molar-refractivity contribution >= 4 is 23.2 Å². The molecule has 5 nitrogen and oxygen atoms in total. The summed E-state index contributed by atoms with van der Waals surface area (Å²) in [5.41, 5.74) is 1.10. The van der Waals surface area contributed by atoms with Gasteiger partial charge in [0.2, 0.25) is 11.8 Å². The average molecular weight is 447 g/mol. The van der Waals surface area contributed by atoms with E-state index in [-0.39, 0.29) is 36.8 Å². The molecular formula is C24H31FN2O3S. The maximum atomic E-state index is 13.3. The Kier molecular flexibility index (Phi) is 8.07. The van der Waals surface area contributed by atoms with Crippen LogP contribution in [-0.2, 0) is 16.0 Å². The second-order valence-corrected chi connectivity index (χ2v) is 9.27. The molecule has 0 spiro atoms. The van der Waals surface area contributed by atoms with Crippen LogP contribution in [0, 0.1) is 11.7 Å². The summed E-state index contributed by atoms with van der Waals surface area (Å²) in [6, 6.07) is 7.72. The smallest absolute Gasteiger partial charge is 0.242 e. The number of ether oxygens (including phenoxy) is 1. The van der Waals surface area contributed by atoms with Crippen LogP contribution in [0.25, 0.3) is 0 Å². The van der Waals surface area contributed by atoms with Crippen LogP contribution in [-0.4, -0.2) is 47.9 Å². The first-order chi connectivity index (χ1) is 14.9. The summed E-state index contributed by atoms with van der Waals surface area (Å²) in [4.78, 5) is 30.5. The summed E-state index contributed by atoms with van der Waals surface area (Å²) < 4.78 is 19.1. The number of halogens is 1. The first-order valence-electron chi connectivity index (χ1n) is 10.9. The molecule has 0 aliphatic carbocycles. The van der Waals surface area contributed by atoms with E-state index in [1.807, 2.05) is 23.3 Å². The largest absolute Gasteiger partial charge is 0.491 e. The predicted octanol–water partition coefficient (Wildman–Crippen LogP) is 4.68. The Morgan fingerprint density at radius 2 is 2.00 bits per heavy atom. The van der Waals surface area contributed by atoms with Crippen molar-refractivity contribution in [3.8, 4) is 5.75 Å². The summed E-state index contributed by atoms with van der Waals surface area (Å²) in [5.74, 6) is 0.652. The van der Waals surface area contributed by atoms with Crippen molar-refractivity contribution in [3.63, 3.8) is 0 Å². The van der Waals surface area contributed by atoms with Gasteiger partial charge in [0.15, 0.2) is 0 Å². The van der Waals surface area contributed by atoms with Crippen molar-refractivity contribution in [3.05, 3.63) is 52.0 Å². The molecule has 31 heavy (non-hydrogen) atoms. The molecule has 2 aromatic rings. The highest BCUT2D eigenvalue weighted by Crippen LogP contribution is 2.34. The summed E-state index contributed by atoms with van der Waals surface area (Å²) in [5, 5.41) is 2.04. The van der Waals surface area contributed by atoms with Gasteiger partial charge in [-0.1, -0.05) is 20.8 Å². The SMILES string of the molecule is CCC(=O)N(CCC(C)C)CC(=O)N1CCc2sccc2[C@H]1COc1ccc(F)cc1. The van der Waals surface area contributed by atoms with Crippen molar-refractivity contribution in [2.24, 2.45) is 5.92 Å². The minimum atomic E-state index is -0.316. The highest BCUT2D eigenvalue weighted by Gasteiger charge is 2.33. The van der Waals surface area contributed by atoms with Crippen LogP contribution in [0.4, 0.5) is 4.39 Å². The molecule has 1 atom stereocenters. The van der Waals surface area contributed by atoms with Crippen LogP contribution in [0.1, 0.15) is 50.1 Å². The lowest BCUT2D eigenvalue weighted by Gasteiger charge is -2.37. The van der Waals surface area contributed by atoms with Crippen molar-refractivity contribution in [1.82, 2.24) is 9.80 Å². The molecule has 0 N–H and O–H groups in total. The van der Waals surface area contributed by atoms with Gasteiger partial charge in [-0.2, -0.15) is 0 Å². The normalized spacial score (nSPS) is 15.6. The first kappa shape index (κ1) is 23.3. The predicted molar refractivity (Wildman–Crippen MR) is 121 cm³/mol. The van der Waals surface area contributed by atoms with E-state index in [2.05, 4.69) is 13.8 Å². The van der Waals surface area contributed by atoms with Gasteiger partial charge in [0, 0.05) is 24.4 Å². The Hall–Kier alpha value is -2.41. The van der Waals surface area contributed by atoms with Gasteiger partial charge < -0.3 is 14.5 Å². The van der Waals surface area contributed by atoms with Crippen LogP contribution in [0.15, 0.2) is 35.7 Å². The number of rotatable bonds is 9. The summed E-state index contributed by atoms with van der Waals surface area (Å²) in [7, 11) is 0. The summed E-state index contributed by atoms with van der Waals surface area (Å²) in [6.07, 6.45) is 2.06. The molecule has 0 radical (unpaired) electrons. The molecule has 1 aliphatic rings. The van der Waals surface area contributed by atoms with Gasteiger partial charge in [-0.15, -0.1) is 11.3 Å². The second-order valence-electron chi connectivity index (χ2n) is 8.27. The molecule has 0 fully saturated rings. The number of hydrogen-bond acceptors (Lipinski definition) is 4. The quantitative estimate of drug-likeness (QED) is 0.562. The van der Waals surface area contributed by atoms with Crippen LogP contribution >= 0.6 is 11.3 Å². The third kappa shape index (κ3) is 6.06. The zero-order valence-corrected chi connectivity index (χ0v) is 19.3. The van der Waals surface area contributed by atoms with Gasteiger partial charge in [0.1, 0.15) is 18.2 Å². The molecule has 168 valence electrons. The Morgan fingerprint density at radius 1 is 1.26 bits per heavy atom. The molecule has 1 aromatic heterocycles. The van der Waals surface area contributed by atoms with E-state index < -0.39 is 0 Å². The molecule has 0 saturated carbocycles. The topological polar surface area (TPSA) is 49.9 Å². The molecule has 1 aliphatic heterocycles. The van der Waals surface area contributed by atoms with Crippen LogP contribution in [0.2, 0.25) is 0 Å². The zero-order chi connectivity index (χ0) is 22.4. The van der Waals surface area contributed by atoms with E-state index in [9.17, 15) is 14.0 Å². The standard InChI is InChI=1S/C24H31FN2O3S/c1-4-23(28)26(12-9-17(2)3)15-24(29)27-13-10-22-20(11-14-31-22)21(27)16-30-19-7-5-18(25)6-8-19/h5-8,11,14,17,21H,4,9-10,12-13,15-16H2,1-3H3/t21-/m1/s1. The Morgan fingerprint density at radius 3 is 2.68 bits per heavy atom. The van der Waals surface area contributed by atoms with Crippen molar-refractivity contribution < 1.29 is 18.7 Å². The van der Waals surface area contributed by atoms with E-state index in [0.29, 0.717) is 31.2 Å². The lowest BCUT2D eigenvalue weighted by Crippen LogP contribution is -2.48. The Bertz CT molecular complexity index is 881. The zero-order valence-electron chi connectivity index (χ0n) is 18.5. The molecule has 0 unspecified atom stereocenters. The minimum absolute atomic E-state index is 0.00124. The minimum Gasteiger partial charge on any atom is -0.491 e. The lowest BCUT2D eigenvalue weighted by atomic mass is 10.0. The van der Waals surface area contributed by atoms with E-state index in [4.69, 9.17) is 4.74 Å². The van der Waals surface area contributed by atoms with Gasteiger partial charge in [-0.05, 0) is 60.0 Å². The number of hydrogen-bond donors (Lipinski definition) is 0. The maximum absolute atomic E-state index is 13.3. The van der Waals surface area contributed by atoms with Crippen molar-refractivity contribution in [2.75, 3.05) is 26.2 Å². The Balaban J connectivity index is 1.74. The molecule has 7 heteroatoms. The first-order valence-corrected chi connectivity index (χ1v) is 11.8. The molecular weight excluding hydrogens is 415 g/mol.